The Morgan fingerprint density at radius 1 is 0.870 bits per heavy atom. The molecule has 2 N–H and O–H groups in total. The van der Waals surface area contributed by atoms with Gasteiger partial charge in [-0.15, -0.1) is 0 Å². The van der Waals surface area contributed by atoms with Crippen molar-refractivity contribution in [3.63, 3.8) is 0 Å². The van der Waals surface area contributed by atoms with E-state index < -0.39 is 0 Å². The van der Waals surface area contributed by atoms with Gasteiger partial charge in [0.25, 0.3) is 5.91 Å². The molecule has 2 aliphatic heterocycles. The molecule has 0 aliphatic carbocycles. The van der Waals surface area contributed by atoms with Crippen molar-refractivity contribution >= 4 is 5.91 Å². The second-order valence-electron chi connectivity index (χ2n) is 6.72. The fourth-order valence-electron chi connectivity index (χ4n) is 3.89. The molecule has 1 amide bonds. The van der Waals surface area contributed by atoms with Crippen molar-refractivity contribution < 1.29 is 4.79 Å². The summed E-state index contributed by atoms with van der Waals surface area (Å²) >= 11 is 0. The van der Waals surface area contributed by atoms with E-state index in [0.717, 1.165) is 24.0 Å². The number of piperidine rings is 1. The van der Waals surface area contributed by atoms with E-state index in [9.17, 15) is 4.79 Å². The lowest BCUT2D eigenvalue weighted by Crippen LogP contribution is -2.48. The van der Waals surface area contributed by atoms with Gasteiger partial charge >= 0.3 is 0 Å². The van der Waals surface area contributed by atoms with E-state index in [2.05, 4.69) is 22.8 Å². The van der Waals surface area contributed by atoms with Crippen LogP contribution >= 0.6 is 0 Å². The second kappa shape index (κ2) is 6.17. The zero-order valence-corrected chi connectivity index (χ0v) is 13.2. The molecule has 118 valence electrons. The number of carbonyl (C=O) groups is 1. The second-order valence-corrected chi connectivity index (χ2v) is 6.72. The van der Waals surface area contributed by atoms with Crippen LogP contribution in [0.25, 0.3) is 11.1 Å². The molecule has 2 saturated heterocycles. The highest BCUT2D eigenvalue weighted by Crippen LogP contribution is 2.27. The monoisotopic (exact) mass is 306 g/mol. The highest BCUT2D eigenvalue weighted by atomic mass is 16.1. The van der Waals surface area contributed by atoms with E-state index in [4.69, 9.17) is 0 Å². The van der Waals surface area contributed by atoms with Gasteiger partial charge in [-0.1, -0.05) is 42.5 Å². The van der Waals surface area contributed by atoms with E-state index >= 15 is 0 Å². The van der Waals surface area contributed by atoms with Crippen LogP contribution in [-0.2, 0) is 0 Å². The predicted molar refractivity (Wildman–Crippen MR) is 92.3 cm³/mol. The van der Waals surface area contributed by atoms with Crippen molar-refractivity contribution in [1.29, 1.82) is 0 Å². The van der Waals surface area contributed by atoms with Crippen LogP contribution in [0.1, 0.15) is 36.0 Å². The van der Waals surface area contributed by atoms with E-state index in [-0.39, 0.29) is 5.91 Å². The molecule has 3 heteroatoms. The number of hydrogen-bond donors (Lipinski definition) is 2. The summed E-state index contributed by atoms with van der Waals surface area (Å²) in [6.07, 6.45) is 4.63. The molecular weight excluding hydrogens is 284 g/mol. The van der Waals surface area contributed by atoms with E-state index in [1.54, 1.807) is 0 Å². The topological polar surface area (TPSA) is 41.1 Å². The van der Waals surface area contributed by atoms with E-state index in [1.165, 1.54) is 18.4 Å². The molecule has 23 heavy (non-hydrogen) atoms. The van der Waals surface area contributed by atoms with Crippen molar-refractivity contribution in [3.8, 4) is 11.1 Å². The number of nitrogens with one attached hydrogen (secondary N) is 2. The maximum atomic E-state index is 12.5. The molecule has 2 atom stereocenters. The SMILES string of the molecule is O=C(NC1CC2CCC(C1)N2)c1ccc(-c2ccccc2)cc1. The summed E-state index contributed by atoms with van der Waals surface area (Å²) < 4.78 is 0. The average molecular weight is 306 g/mol. The van der Waals surface area contributed by atoms with Gasteiger partial charge < -0.3 is 10.6 Å². The molecule has 4 rings (SSSR count). The molecule has 2 aromatic carbocycles. The minimum Gasteiger partial charge on any atom is -0.349 e. The minimum absolute atomic E-state index is 0.0518. The van der Waals surface area contributed by atoms with Crippen molar-refractivity contribution in [2.24, 2.45) is 0 Å². The van der Waals surface area contributed by atoms with E-state index in [1.807, 2.05) is 42.5 Å². The Morgan fingerprint density at radius 2 is 1.48 bits per heavy atom. The normalized spacial score (nSPS) is 26.0. The standard InChI is InChI=1S/C20H22N2O/c23-20(22-19-12-17-10-11-18(13-19)21-17)16-8-6-15(7-9-16)14-4-2-1-3-5-14/h1-9,17-19,21H,10-13H2,(H,22,23). The Kier molecular flexibility index (Phi) is 3.88. The van der Waals surface area contributed by atoms with Gasteiger partial charge in [0.05, 0.1) is 0 Å². The largest absolute Gasteiger partial charge is 0.349 e. The fourth-order valence-corrected chi connectivity index (χ4v) is 3.89. The van der Waals surface area contributed by atoms with Gasteiger partial charge in [-0.3, -0.25) is 4.79 Å². The van der Waals surface area contributed by atoms with Crippen LogP contribution in [0.15, 0.2) is 54.6 Å². The zero-order chi connectivity index (χ0) is 15.6. The summed E-state index contributed by atoms with van der Waals surface area (Å²) in [7, 11) is 0. The Bertz CT molecular complexity index is 669. The molecular formula is C20H22N2O. The molecule has 2 bridgehead atoms. The number of benzene rings is 2. The lowest BCUT2D eigenvalue weighted by molar-refractivity contribution is 0.0924. The summed E-state index contributed by atoms with van der Waals surface area (Å²) in [5.74, 6) is 0.0518. The van der Waals surface area contributed by atoms with Gasteiger partial charge in [-0.2, -0.15) is 0 Å². The predicted octanol–water partition coefficient (Wildman–Crippen LogP) is 3.37. The Labute approximate surface area is 137 Å². The molecule has 3 nitrogen and oxygen atoms in total. The highest BCUT2D eigenvalue weighted by Gasteiger charge is 2.34. The number of rotatable bonds is 3. The first-order chi connectivity index (χ1) is 11.3. The third kappa shape index (κ3) is 3.15. The van der Waals surface area contributed by atoms with Gasteiger partial charge in [0.1, 0.15) is 0 Å². The molecule has 0 spiro atoms. The van der Waals surface area contributed by atoms with Gasteiger partial charge in [0.15, 0.2) is 0 Å². The van der Waals surface area contributed by atoms with Crippen LogP contribution in [0, 0.1) is 0 Å². The molecule has 2 fully saturated rings. The average Bonchev–Trinajstić information content (AvgIpc) is 2.94. The first kappa shape index (κ1) is 14.5. The lowest BCUT2D eigenvalue weighted by Gasteiger charge is -2.29. The third-order valence-corrected chi connectivity index (χ3v) is 5.06. The Balaban J connectivity index is 1.42. The third-order valence-electron chi connectivity index (χ3n) is 5.06. The summed E-state index contributed by atoms with van der Waals surface area (Å²) in [6, 6.07) is 19.6. The van der Waals surface area contributed by atoms with Crippen LogP contribution in [0.3, 0.4) is 0 Å². The number of fused-ring (bicyclic) bond motifs is 2. The van der Waals surface area contributed by atoms with Crippen LogP contribution in [0.4, 0.5) is 0 Å². The molecule has 2 aromatic rings. The summed E-state index contributed by atoms with van der Waals surface area (Å²) in [5, 5.41) is 6.82. The van der Waals surface area contributed by atoms with Crippen molar-refractivity contribution in [1.82, 2.24) is 10.6 Å². The van der Waals surface area contributed by atoms with Gasteiger partial charge in [-0.25, -0.2) is 0 Å². The smallest absolute Gasteiger partial charge is 0.251 e. The summed E-state index contributed by atoms with van der Waals surface area (Å²) in [6.45, 7) is 0. The first-order valence-electron chi connectivity index (χ1n) is 8.50. The van der Waals surface area contributed by atoms with Crippen molar-refractivity contribution in [3.05, 3.63) is 60.2 Å². The highest BCUT2D eigenvalue weighted by molar-refractivity contribution is 5.94. The molecule has 2 aliphatic rings. The van der Waals surface area contributed by atoms with Gasteiger partial charge in [0, 0.05) is 23.7 Å². The maximum absolute atomic E-state index is 12.5. The summed E-state index contributed by atoms with van der Waals surface area (Å²) in [4.78, 5) is 12.5. The van der Waals surface area contributed by atoms with Gasteiger partial charge in [0.2, 0.25) is 0 Å². The molecule has 2 heterocycles. The first-order valence-corrected chi connectivity index (χ1v) is 8.50. The quantitative estimate of drug-likeness (QED) is 0.913. The van der Waals surface area contributed by atoms with Crippen LogP contribution in [-0.4, -0.2) is 24.0 Å². The Morgan fingerprint density at radius 3 is 2.13 bits per heavy atom. The fraction of sp³-hybridized carbons (Fsp3) is 0.350. The molecule has 0 saturated carbocycles. The zero-order valence-electron chi connectivity index (χ0n) is 13.2. The number of hydrogen-bond acceptors (Lipinski definition) is 2. The number of carbonyl (C=O) groups excluding carboxylic acids is 1. The Hall–Kier alpha value is -2.13. The van der Waals surface area contributed by atoms with Crippen LogP contribution in [0.5, 0.6) is 0 Å². The summed E-state index contributed by atoms with van der Waals surface area (Å²) in [5.41, 5.74) is 3.06. The van der Waals surface area contributed by atoms with E-state index in [0.29, 0.717) is 18.1 Å². The van der Waals surface area contributed by atoms with Crippen LogP contribution in [0.2, 0.25) is 0 Å². The lowest BCUT2D eigenvalue weighted by atomic mass is 9.99. The molecule has 0 radical (unpaired) electrons. The number of amides is 1. The van der Waals surface area contributed by atoms with Crippen LogP contribution < -0.4 is 10.6 Å². The minimum atomic E-state index is 0.0518. The molecule has 0 aromatic heterocycles. The van der Waals surface area contributed by atoms with Gasteiger partial charge in [-0.05, 0) is 48.9 Å². The molecule has 2 unspecified atom stereocenters. The maximum Gasteiger partial charge on any atom is 0.251 e. The van der Waals surface area contributed by atoms with Crippen molar-refractivity contribution in [2.75, 3.05) is 0 Å². The van der Waals surface area contributed by atoms with Crippen molar-refractivity contribution in [2.45, 2.75) is 43.8 Å².